The summed E-state index contributed by atoms with van der Waals surface area (Å²) in [4.78, 5) is 0. The Balaban J connectivity index is 1.93. The molecule has 2 nitrogen and oxygen atoms in total. The molecule has 2 heteroatoms. The predicted octanol–water partition coefficient (Wildman–Crippen LogP) is 2.89. The molecule has 3 rings (SSSR count). The van der Waals surface area contributed by atoms with Crippen LogP contribution in [0.4, 0.5) is 0 Å². The van der Waals surface area contributed by atoms with Crippen LogP contribution in [-0.2, 0) is 0 Å². The van der Waals surface area contributed by atoms with Crippen molar-refractivity contribution in [3.8, 4) is 0 Å². The highest BCUT2D eigenvalue weighted by Crippen LogP contribution is 2.60. The van der Waals surface area contributed by atoms with Gasteiger partial charge in [-0.3, -0.25) is 0 Å². The summed E-state index contributed by atoms with van der Waals surface area (Å²) in [6, 6.07) is 0. The van der Waals surface area contributed by atoms with Crippen LogP contribution in [0.25, 0.3) is 0 Å². The smallest absolute Gasteiger partial charge is 0.0726 e. The molecule has 0 spiro atoms. The van der Waals surface area contributed by atoms with Crippen molar-refractivity contribution in [2.45, 2.75) is 77.3 Å². The Morgan fingerprint density at radius 1 is 1.29 bits per heavy atom. The highest BCUT2D eigenvalue weighted by atomic mass is 15.0. The summed E-state index contributed by atoms with van der Waals surface area (Å²) in [7, 11) is 8.33. The molecule has 0 amide bonds. The second kappa shape index (κ2) is 6.43. The second-order valence-corrected chi connectivity index (χ2v) is 10.2. The fraction of sp³-hybridized carbons (Fsp3) is 0.818. The lowest BCUT2D eigenvalue weighted by Crippen LogP contribution is -2.94. The SMILES string of the molecule is C=C1CCC2C3C(CCC2(C)[NH2+][CH2-])C(C)CC(CC(C)(C)[NH2+][CH2-])C13. The topological polar surface area (TPSA) is 33.2 Å². The summed E-state index contributed by atoms with van der Waals surface area (Å²) >= 11 is 0. The van der Waals surface area contributed by atoms with Crippen molar-refractivity contribution >= 4 is 0 Å². The Kier molecular flexibility index (Phi) is 4.94. The Morgan fingerprint density at radius 3 is 2.62 bits per heavy atom. The summed E-state index contributed by atoms with van der Waals surface area (Å²) in [6.45, 7) is 14.3. The van der Waals surface area contributed by atoms with E-state index in [2.05, 4.69) is 59.0 Å². The average Bonchev–Trinajstić information content (AvgIpc) is 2.53. The summed E-state index contributed by atoms with van der Waals surface area (Å²) in [5, 5.41) is 4.46. The van der Waals surface area contributed by atoms with Crippen molar-refractivity contribution in [1.82, 2.24) is 0 Å². The summed E-state index contributed by atoms with van der Waals surface area (Å²) < 4.78 is 0. The first-order chi connectivity index (χ1) is 11.2. The first-order valence-electron chi connectivity index (χ1n) is 10.2. The van der Waals surface area contributed by atoms with Gasteiger partial charge in [-0.15, -0.1) is 0 Å². The molecule has 0 aromatic rings. The zero-order valence-electron chi connectivity index (χ0n) is 16.5. The molecule has 0 saturated heterocycles. The van der Waals surface area contributed by atoms with E-state index in [0.717, 1.165) is 35.5 Å². The van der Waals surface area contributed by atoms with E-state index < -0.39 is 0 Å². The van der Waals surface area contributed by atoms with Crippen LogP contribution >= 0.6 is 0 Å². The van der Waals surface area contributed by atoms with Crippen LogP contribution in [0.3, 0.4) is 0 Å². The van der Waals surface area contributed by atoms with Crippen molar-refractivity contribution in [3.63, 3.8) is 0 Å². The maximum atomic E-state index is 4.58. The van der Waals surface area contributed by atoms with Gasteiger partial charge in [0.15, 0.2) is 0 Å². The Bertz CT molecular complexity index is 482. The van der Waals surface area contributed by atoms with E-state index in [1.165, 1.54) is 38.5 Å². The van der Waals surface area contributed by atoms with Crippen LogP contribution in [0, 0.1) is 49.6 Å². The third-order valence-electron chi connectivity index (χ3n) is 8.21. The molecule has 0 radical (unpaired) electrons. The third kappa shape index (κ3) is 2.98. The highest BCUT2D eigenvalue weighted by molar-refractivity contribution is 5.17. The lowest BCUT2D eigenvalue weighted by molar-refractivity contribution is -0.688. The largest absolute Gasteiger partial charge is 0.474 e. The Morgan fingerprint density at radius 2 is 2.00 bits per heavy atom. The van der Waals surface area contributed by atoms with Gasteiger partial charge in [0.25, 0.3) is 0 Å². The number of nitrogens with two attached hydrogens (primary N) is 2. The zero-order valence-corrected chi connectivity index (χ0v) is 16.5. The van der Waals surface area contributed by atoms with Crippen molar-refractivity contribution in [3.05, 3.63) is 26.2 Å². The maximum Gasteiger partial charge on any atom is 0.0726 e. The van der Waals surface area contributed by atoms with Crippen LogP contribution < -0.4 is 10.6 Å². The number of allylic oxidation sites excluding steroid dienone is 1. The monoisotopic (exact) mass is 332 g/mol. The normalized spacial score (nSPS) is 45.8. The quantitative estimate of drug-likeness (QED) is 0.586. The van der Waals surface area contributed by atoms with E-state index in [1.807, 2.05) is 0 Å². The van der Waals surface area contributed by atoms with Crippen molar-refractivity contribution < 1.29 is 10.6 Å². The molecule has 138 valence electrons. The molecular weight excluding hydrogens is 292 g/mol. The van der Waals surface area contributed by atoms with Gasteiger partial charge in [0, 0.05) is 18.8 Å². The highest BCUT2D eigenvalue weighted by Gasteiger charge is 2.57. The summed E-state index contributed by atoms with van der Waals surface area (Å²) in [5.74, 6) is 4.96. The average molecular weight is 333 g/mol. The van der Waals surface area contributed by atoms with E-state index in [9.17, 15) is 0 Å². The van der Waals surface area contributed by atoms with Gasteiger partial charge in [-0.05, 0) is 76.0 Å². The van der Waals surface area contributed by atoms with E-state index in [4.69, 9.17) is 0 Å². The molecule has 3 aliphatic carbocycles. The molecule has 0 aliphatic heterocycles. The van der Waals surface area contributed by atoms with Crippen LogP contribution in [0.1, 0.15) is 66.2 Å². The molecule has 4 N–H and O–H groups in total. The molecule has 3 saturated carbocycles. The summed E-state index contributed by atoms with van der Waals surface area (Å²) in [5.41, 5.74) is 2.14. The van der Waals surface area contributed by atoms with Gasteiger partial charge >= 0.3 is 0 Å². The van der Waals surface area contributed by atoms with Gasteiger partial charge < -0.3 is 10.6 Å². The molecule has 0 bridgehead atoms. The van der Waals surface area contributed by atoms with E-state index in [0.29, 0.717) is 5.54 Å². The Hall–Kier alpha value is -0.340. The molecule has 7 atom stereocenters. The fourth-order valence-corrected chi connectivity index (χ4v) is 6.75. The summed E-state index contributed by atoms with van der Waals surface area (Å²) in [6.07, 6.45) is 7.97. The lowest BCUT2D eigenvalue weighted by Gasteiger charge is -2.60. The van der Waals surface area contributed by atoms with Gasteiger partial charge in [-0.1, -0.05) is 19.1 Å². The van der Waals surface area contributed by atoms with Gasteiger partial charge in [-0.25, -0.2) is 0 Å². The van der Waals surface area contributed by atoms with Crippen LogP contribution in [-0.4, -0.2) is 11.1 Å². The molecule has 0 aromatic heterocycles. The van der Waals surface area contributed by atoms with Crippen LogP contribution in [0.15, 0.2) is 12.2 Å². The molecule has 0 aromatic carbocycles. The van der Waals surface area contributed by atoms with E-state index in [1.54, 1.807) is 5.57 Å². The first kappa shape index (κ1) is 18.5. The Labute approximate surface area is 150 Å². The van der Waals surface area contributed by atoms with Gasteiger partial charge in [-0.2, -0.15) is 14.1 Å². The minimum Gasteiger partial charge on any atom is -0.474 e. The predicted molar refractivity (Wildman–Crippen MR) is 101 cm³/mol. The van der Waals surface area contributed by atoms with Crippen molar-refractivity contribution in [2.24, 2.45) is 35.5 Å². The molecule has 24 heavy (non-hydrogen) atoms. The van der Waals surface area contributed by atoms with Crippen molar-refractivity contribution in [1.29, 1.82) is 0 Å². The van der Waals surface area contributed by atoms with Gasteiger partial charge in [0.05, 0.1) is 11.1 Å². The zero-order chi connectivity index (χ0) is 17.7. The number of quaternary nitrogens is 2. The van der Waals surface area contributed by atoms with E-state index >= 15 is 0 Å². The second-order valence-electron chi connectivity index (χ2n) is 10.2. The molecule has 7 unspecified atom stereocenters. The number of hydrogen-bond acceptors (Lipinski definition) is 0. The lowest BCUT2D eigenvalue weighted by atomic mass is 9.46. The third-order valence-corrected chi connectivity index (χ3v) is 8.21. The molecular formula is C22H40N2. The first-order valence-corrected chi connectivity index (χ1v) is 10.2. The minimum absolute atomic E-state index is 0.237. The van der Waals surface area contributed by atoms with Gasteiger partial charge in [0.1, 0.15) is 0 Å². The standard InChI is InChI=1S/C22H40N2/c1-14-8-9-18-20-17(10-11-22(18,5)24-7)15(2)12-16(19(14)20)13-21(3,4)23-6/h15-20H,1,6-13,23-24H2,2-5H3. The van der Waals surface area contributed by atoms with Gasteiger partial charge in [0.2, 0.25) is 0 Å². The molecule has 0 heterocycles. The molecule has 3 aliphatic rings. The van der Waals surface area contributed by atoms with Crippen LogP contribution in [0.2, 0.25) is 0 Å². The maximum absolute atomic E-state index is 4.58. The van der Waals surface area contributed by atoms with E-state index in [-0.39, 0.29) is 5.54 Å². The van der Waals surface area contributed by atoms with Crippen LogP contribution in [0.5, 0.6) is 0 Å². The fourth-order valence-electron chi connectivity index (χ4n) is 6.75. The number of hydrogen-bond donors (Lipinski definition) is 2. The molecule has 3 fully saturated rings. The minimum atomic E-state index is 0.237. The van der Waals surface area contributed by atoms with Crippen molar-refractivity contribution in [2.75, 3.05) is 0 Å². The number of rotatable bonds is 4.